The van der Waals surface area contributed by atoms with E-state index in [4.69, 9.17) is 4.74 Å². The molecule has 8 heteroatoms. The van der Waals surface area contributed by atoms with E-state index in [9.17, 15) is 22.4 Å². The molecule has 0 atom stereocenters. The molecule has 0 unspecified atom stereocenters. The molecule has 0 aliphatic carbocycles. The van der Waals surface area contributed by atoms with Crippen molar-refractivity contribution in [2.75, 3.05) is 19.0 Å². The lowest BCUT2D eigenvalue weighted by molar-refractivity contribution is -0.140. The second-order valence-corrected chi connectivity index (χ2v) is 8.66. The Bertz CT molecular complexity index is 1310. The molecule has 0 radical (unpaired) electrons. The van der Waals surface area contributed by atoms with E-state index in [2.05, 4.69) is 0 Å². The number of carbonyl (C=O) groups excluding carboxylic acids is 1. The molecule has 170 valence electrons. The fraction of sp³-hybridized carbons (Fsp3) is 0.160. The number of hydrogen-bond acceptors (Lipinski definition) is 4. The summed E-state index contributed by atoms with van der Waals surface area (Å²) in [5.74, 6) is -1.41. The monoisotopic (exact) mass is 473 g/mol. The molecule has 0 fully saturated rings. The first-order valence-corrected chi connectivity index (χ1v) is 10.8. The molecule has 33 heavy (non-hydrogen) atoms. The number of halogens is 4. The van der Waals surface area contributed by atoms with Crippen LogP contribution < -0.4 is 9.64 Å². The number of fused-ring (bicyclic) bond motifs is 1. The van der Waals surface area contributed by atoms with Gasteiger partial charge < -0.3 is 9.64 Å². The molecule has 0 bridgehead atoms. The highest BCUT2D eigenvalue weighted by Crippen LogP contribution is 2.41. The maximum absolute atomic E-state index is 13.7. The van der Waals surface area contributed by atoms with Crippen molar-refractivity contribution in [2.45, 2.75) is 12.8 Å². The number of nitrogens with zero attached hydrogens (tertiary/aromatic N) is 1. The molecular formula is C25H19F4NO2S. The van der Waals surface area contributed by atoms with E-state index in [1.165, 1.54) is 11.3 Å². The third-order valence-electron chi connectivity index (χ3n) is 5.06. The molecule has 1 aromatic heterocycles. The lowest BCUT2D eigenvalue weighted by atomic mass is 9.99. The van der Waals surface area contributed by atoms with E-state index in [-0.39, 0.29) is 11.1 Å². The van der Waals surface area contributed by atoms with Gasteiger partial charge in [0, 0.05) is 29.7 Å². The van der Waals surface area contributed by atoms with Crippen LogP contribution in [-0.4, -0.2) is 19.9 Å². The summed E-state index contributed by atoms with van der Waals surface area (Å²) in [6.45, 7) is 0.375. The highest BCUT2D eigenvalue weighted by atomic mass is 32.1. The minimum atomic E-state index is -4.90. The van der Waals surface area contributed by atoms with Crippen LogP contribution in [0.2, 0.25) is 0 Å². The van der Waals surface area contributed by atoms with E-state index in [1.807, 2.05) is 30.3 Å². The summed E-state index contributed by atoms with van der Waals surface area (Å²) >= 11 is 1.33. The minimum Gasteiger partial charge on any atom is -0.489 e. The van der Waals surface area contributed by atoms with Gasteiger partial charge in [0.05, 0.1) is 11.1 Å². The predicted octanol–water partition coefficient (Wildman–Crippen LogP) is 6.94. The summed E-state index contributed by atoms with van der Waals surface area (Å²) in [6, 6.07) is 17.2. The van der Waals surface area contributed by atoms with Crippen LogP contribution in [0.4, 0.5) is 22.6 Å². The molecule has 4 aromatic rings. The van der Waals surface area contributed by atoms with Gasteiger partial charge in [-0.05, 0) is 42.0 Å². The second kappa shape index (κ2) is 8.86. The summed E-state index contributed by atoms with van der Waals surface area (Å²) < 4.78 is 59.8. The first kappa shape index (κ1) is 22.8. The van der Waals surface area contributed by atoms with Crippen LogP contribution in [0.3, 0.4) is 0 Å². The first-order chi connectivity index (χ1) is 15.6. The van der Waals surface area contributed by atoms with Crippen LogP contribution in [0.25, 0.3) is 10.1 Å². The highest BCUT2D eigenvalue weighted by molar-refractivity contribution is 7.23. The Morgan fingerprint density at radius 2 is 1.73 bits per heavy atom. The van der Waals surface area contributed by atoms with Crippen molar-refractivity contribution in [1.29, 1.82) is 0 Å². The standard InChI is InChI=1S/C25H19F4NO2S/c1-30(2)24-22(23(31)16-8-11-20(26)19(12-16)25(27,28)29)18-10-9-17(13-21(18)33-24)32-14-15-6-4-3-5-7-15/h3-13H,14H2,1-2H3. The Hall–Kier alpha value is -3.39. The molecule has 0 aliphatic rings. The van der Waals surface area contributed by atoms with Gasteiger partial charge in [-0.3, -0.25) is 4.79 Å². The van der Waals surface area contributed by atoms with E-state index < -0.39 is 23.3 Å². The molecule has 1 heterocycles. The molecule has 3 nitrogen and oxygen atoms in total. The maximum atomic E-state index is 13.7. The van der Waals surface area contributed by atoms with Crippen molar-refractivity contribution in [3.63, 3.8) is 0 Å². The SMILES string of the molecule is CN(C)c1sc2cc(OCc3ccccc3)ccc2c1C(=O)c1ccc(F)c(C(F)(F)F)c1. The van der Waals surface area contributed by atoms with Crippen molar-refractivity contribution in [3.05, 3.63) is 94.8 Å². The normalized spacial score (nSPS) is 11.6. The molecule has 4 rings (SSSR count). The first-order valence-electron chi connectivity index (χ1n) is 9.97. The zero-order valence-electron chi connectivity index (χ0n) is 17.7. The molecule has 0 spiro atoms. The van der Waals surface area contributed by atoms with E-state index in [0.717, 1.165) is 16.3 Å². The summed E-state index contributed by atoms with van der Waals surface area (Å²) in [5.41, 5.74) is -0.411. The van der Waals surface area contributed by atoms with Crippen molar-refractivity contribution in [3.8, 4) is 5.75 Å². The lowest BCUT2D eigenvalue weighted by Gasteiger charge is -2.13. The average molecular weight is 473 g/mol. The number of rotatable bonds is 6. The molecule has 0 saturated heterocycles. The number of hydrogen-bond donors (Lipinski definition) is 0. The Morgan fingerprint density at radius 1 is 1.00 bits per heavy atom. The molecule has 3 aromatic carbocycles. The molecule has 0 saturated carbocycles. The topological polar surface area (TPSA) is 29.5 Å². The average Bonchev–Trinajstić information content (AvgIpc) is 3.16. The minimum absolute atomic E-state index is 0.226. The number of thiophene rings is 1. The zero-order chi connectivity index (χ0) is 23.8. The van der Waals surface area contributed by atoms with Crippen LogP contribution in [0, 0.1) is 5.82 Å². The van der Waals surface area contributed by atoms with Gasteiger partial charge in [-0.25, -0.2) is 4.39 Å². The summed E-state index contributed by atoms with van der Waals surface area (Å²) in [7, 11) is 3.50. The molecular weight excluding hydrogens is 454 g/mol. The number of anilines is 1. The van der Waals surface area contributed by atoms with Gasteiger partial charge in [0.2, 0.25) is 0 Å². The van der Waals surface area contributed by atoms with Gasteiger partial charge >= 0.3 is 6.18 Å². The van der Waals surface area contributed by atoms with Crippen LogP contribution in [0.15, 0.2) is 66.7 Å². The molecule has 0 N–H and O–H groups in total. The quantitative estimate of drug-likeness (QED) is 0.225. The Labute approximate surface area is 191 Å². The van der Waals surface area contributed by atoms with Gasteiger partial charge in [-0.15, -0.1) is 11.3 Å². The van der Waals surface area contributed by atoms with Gasteiger partial charge in [0.15, 0.2) is 5.78 Å². The van der Waals surface area contributed by atoms with Gasteiger partial charge in [0.25, 0.3) is 0 Å². The van der Waals surface area contributed by atoms with E-state index >= 15 is 0 Å². The summed E-state index contributed by atoms with van der Waals surface area (Å²) in [5, 5.41) is 1.19. The van der Waals surface area contributed by atoms with Crippen molar-refractivity contribution < 1.29 is 27.1 Å². The number of ether oxygens (including phenoxy) is 1. The predicted molar refractivity (Wildman–Crippen MR) is 122 cm³/mol. The highest BCUT2D eigenvalue weighted by Gasteiger charge is 2.35. The van der Waals surface area contributed by atoms with Crippen molar-refractivity contribution >= 4 is 32.2 Å². The molecule has 0 amide bonds. The fourth-order valence-corrected chi connectivity index (χ4v) is 4.61. The number of ketones is 1. The van der Waals surface area contributed by atoms with Crippen LogP contribution >= 0.6 is 11.3 Å². The van der Waals surface area contributed by atoms with Gasteiger partial charge in [0.1, 0.15) is 23.2 Å². The number of benzene rings is 3. The van der Waals surface area contributed by atoms with Crippen molar-refractivity contribution in [1.82, 2.24) is 0 Å². The largest absolute Gasteiger partial charge is 0.489 e. The van der Waals surface area contributed by atoms with E-state index in [1.54, 1.807) is 37.2 Å². The Kier molecular flexibility index (Phi) is 6.12. The van der Waals surface area contributed by atoms with Crippen LogP contribution in [0.1, 0.15) is 27.0 Å². The lowest BCUT2D eigenvalue weighted by Crippen LogP contribution is -2.14. The van der Waals surface area contributed by atoms with E-state index in [0.29, 0.717) is 34.9 Å². The smallest absolute Gasteiger partial charge is 0.419 e. The zero-order valence-corrected chi connectivity index (χ0v) is 18.6. The second-order valence-electron chi connectivity index (χ2n) is 7.63. The number of carbonyl (C=O) groups is 1. The maximum Gasteiger partial charge on any atom is 0.419 e. The third kappa shape index (κ3) is 4.71. The van der Waals surface area contributed by atoms with Gasteiger partial charge in [-0.1, -0.05) is 30.3 Å². The fourth-order valence-electron chi connectivity index (χ4n) is 3.46. The third-order valence-corrected chi connectivity index (χ3v) is 6.38. The van der Waals surface area contributed by atoms with Crippen LogP contribution in [-0.2, 0) is 12.8 Å². The Morgan fingerprint density at radius 3 is 2.39 bits per heavy atom. The van der Waals surface area contributed by atoms with Crippen molar-refractivity contribution in [2.24, 2.45) is 0 Å². The number of alkyl halides is 3. The van der Waals surface area contributed by atoms with Crippen LogP contribution in [0.5, 0.6) is 5.75 Å². The van der Waals surface area contributed by atoms with Gasteiger partial charge in [-0.2, -0.15) is 13.2 Å². The Balaban J connectivity index is 1.72. The summed E-state index contributed by atoms with van der Waals surface area (Å²) in [6.07, 6.45) is -4.90. The summed E-state index contributed by atoms with van der Waals surface area (Å²) in [4.78, 5) is 15.0. The molecule has 0 aliphatic heterocycles.